The fourth-order valence-electron chi connectivity index (χ4n) is 2.66. The lowest BCUT2D eigenvalue weighted by atomic mass is 9.96. The highest BCUT2D eigenvalue weighted by atomic mass is 16.6. The van der Waals surface area contributed by atoms with Gasteiger partial charge >= 0.3 is 0 Å². The lowest BCUT2D eigenvalue weighted by Crippen LogP contribution is -2.35. The van der Waals surface area contributed by atoms with E-state index in [-0.39, 0.29) is 23.1 Å². The third kappa shape index (κ3) is 4.14. The number of amides is 1. The summed E-state index contributed by atoms with van der Waals surface area (Å²) in [4.78, 5) is 26.3. The van der Waals surface area contributed by atoms with Gasteiger partial charge in [0.25, 0.3) is 11.6 Å². The Kier molecular flexibility index (Phi) is 5.08. The fourth-order valence-corrected chi connectivity index (χ4v) is 2.66. The molecular formula is C14H20N4O3. The second-order valence-corrected chi connectivity index (χ2v) is 5.40. The van der Waals surface area contributed by atoms with Crippen LogP contribution in [0.2, 0.25) is 0 Å². The summed E-state index contributed by atoms with van der Waals surface area (Å²) in [6.07, 6.45) is 8.61. The van der Waals surface area contributed by atoms with Gasteiger partial charge in [-0.05, 0) is 18.9 Å². The molecular weight excluding hydrogens is 272 g/mol. The van der Waals surface area contributed by atoms with Gasteiger partial charge in [0, 0.05) is 6.04 Å². The monoisotopic (exact) mass is 292 g/mol. The number of nitrogens with one attached hydrogen (secondary N) is 1. The van der Waals surface area contributed by atoms with Crippen LogP contribution in [0.3, 0.4) is 0 Å². The number of pyridine rings is 1. The van der Waals surface area contributed by atoms with E-state index in [2.05, 4.69) is 10.3 Å². The summed E-state index contributed by atoms with van der Waals surface area (Å²) in [5.74, 6) is -0.343. The van der Waals surface area contributed by atoms with Crippen molar-refractivity contribution in [1.82, 2.24) is 10.3 Å². The molecule has 0 aliphatic heterocycles. The number of hydrogen-bond donors (Lipinski definition) is 2. The summed E-state index contributed by atoms with van der Waals surface area (Å²) in [6.45, 7) is 0. The number of carbonyl (C=O) groups excluding carboxylic acids is 1. The van der Waals surface area contributed by atoms with Crippen molar-refractivity contribution in [3.63, 3.8) is 0 Å². The van der Waals surface area contributed by atoms with Crippen molar-refractivity contribution in [2.75, 3.05) is 5.73 Å². The highest BCUT2D eigenvalue weighted by Crippen LogP contribution is 2.21. The van der Waals surface area contributed by atoms with Gasteiger partial charge < -0.3 is 11.1 Å². The normalized spacial score (nSPS) is 16.8. The predicted octanol–water partition coefficient (Wildman–Crippen LogP) is 2.41. The zero-order valence-corrected chi connectivity index (χ0v) is 11.9. The lowest BCUT2D eigenvalue weighted by Gasteiger charge is -2.21. The molecule has 1 amide bonds. The Balaban J connectivity index is 2.11. The molecule has 0 saturated heterocycles. The number of nitrogen functional groups attached to an aromatic ring is 1. The number of nitrogens with two attached hydrogens (primary N) is 1. The van der Waals surface area contributed by atoms with Crippen molar-refractivity contribution in [2.24, 2.45) is 0 Å². The standard InChI is InChI=1S/C14H20N4O3/c15-13-8-11(12(9-16-13)18(20)21)14(19)17-10-6-4-2-1-3-5-7-10/h8-10H,1-7H2,(H2,15,16)(H,17,19). The van der Waals surface area contributed by atoms with Crippen molar-refractivity contribution in [3.8, 4) is 0 Å². The molecule has 0 bridgehead atoms. The van der Waals surface area contributed by atoms with Crippen molar-refractivity contribution < 1.29 is 9.72 Å². The Morgan fingerprint density at radius 3 is 2.52 bits per heavy atom. The van der Waals surface area contributed by atoms with Gasteiger partial charge in [-0.25, -0.2) is 4.98 Å². The molecule has 7 nitrogen and oxygen atoms in total. The molecule has 0 radical (unpaired) electrons. The van der Waals surface area contributed by atoms with Crippen molar-refractivity contribution >= 4 is 17.4 Å². The minimum absolute atomic E-state index is 0.0189. The first kappa shape index (κ1) is 15.2. The van der Waals surface area contributed by atoms with E-state index in [1.807, 2.05) is 0 Å². The number of anilines is 1. The second kappa shape index (κ2) is 7.01. The zero-order chi connectivity index (χ0) is 15.2. The highest BCUT2D eigenvalue weighted by molar-refractivity contribution is 5.98. The van der Waals surface area contributed by atoms with Crippen molar-refractivity contribution in [1.29, 1.82) is 0 Å². The quantitative estimate of drug-likeness (QED) is 0.656. The average molecular weight is 292 g/mol. The molecule has 7 heteroatoms. The Hall–Kier alpha value is -2.18. The van der Waals surface area contributed by atoms with E-state index in [1.54, 1.807) is 0 Å². The zero-order valence-electron chi connectivity index (χ0n) is 11.9. The molecule has 1 aliphatic rings. The Morgan fingerprint density at radius 2 is 1.90 bits per heavy atom. The molecule has 0 aromatic carbocycles. The maximum atomic E-state index is 12.3. The summed E-state index contributed by atoms with van der Waals surface area (Å²) in [5.41, 5.74) is 5.20. The van der Waals surface area contributed by atoms with Crippen LogP contribution in [0.1, 0.15) is 55.3 Å². The lowest BCUT2D eigenvalue weighted by molar-refractivity contribution is -0.385. The van der Waals surface area contributed by atoms with Crippen LogP contribution in [0.4, 0.5) is 11.5 Å². The number of rotatable bonds is 3. The number of nitro groups is 1. The van der Waals surface area contributed by atoms with Crippen LogP contribution >= 0.6 is 0 Å². The van der Waals surface area contributed by atoms with Crippen LogP contribution in [-0.2, 0) is 0 Å². The van der Waals surface area contributed by atoms with E-state index >= 15 is 0 Å². The third-order valence-corrected chi connectivity index (χ3v) is 3.79. The van der Waals surface area contributed by atoms with Crippen LogP contribution in [0.15, 0.2) is 12.3 Å². The van der Waals surface area contributed by atoms with Crippen LogP contribution in [0.5, 0.6) is 0 Å². The molecule has 1 aromatic heterocycles. The maximum Gasteiger partial charge on any atom is 0.300 e. The highest BCUT2D eigenvalue weighted by Gasteiger charge is 2.23. The average Bonchev–Trinajstić information content (AvgIpc) is 2.41. The largest absolute Gasteiger partial charge is 0.384 e. The Bertz CT molecular complexity index is 525. The smallest absolute Gasteiger partial charge is 0.300 e. The third-order valence-electron chi connectivity index (χ3n) is 3.79. The number of aromatic nitrogens is 1. The fraction of sp³-hybridized carbons (Fsp3) is 0.571. The van der Waals surface area contributed by atoms with Gasteiger partial charge in [-0.2, -0.15) is 0 Å². The van der Waals surface area contributed by atoms with Crippen LogP contribution < -0.4 is 11.1 Å². The van der Waals surface area contributed by atoms with Gasteiger partial charge in [0.1, 0.15) is 17.6 Å². The molecule has 1 aliphatic carbocycles. The SMILES string of the molecule is Nc1cc(C(=O)NC2CCCCCCC2)c([N+](=O)[O-])cn1. The van der Waals surface area contributed by atoms with Crippen LogP contribution in [0.25, 0.3) is 0 Å². The minimum atomic E-state index is -0.612. The number of nitrogens with zero attached hydrogens (tertiary/aromatic N) is 2. The van der Waals surface area contributed by atoms with Gasteiger partial charge in [-0.15, -0.1) is 0 Å². The summed E-state index contributed by atoms with van der Waals surface area (Å²) in [6, 6.07) is 1.34. The molecule has 3 N–H and O–H groups in total. The molecule has 0 spiro atoms. The molecule has 0 unspecified atom stereocenters. The van der Waals surface area contributed by atoms with E-state index in [1.165, 1.54) is 25.3 Å². The van der Waals surface area contributed by atoms with E-state index in [4.69, 9.17) is 5.73 Å². The van der Waals surface area contributed by atoms with Gasteiger partial charge in [-0.3, -0.25) is 14.9 Å². The molecule has 1 fully saturated rings. The maximum absolute atomic E-state index is 12.3. The number of carbonyl (C=O) groups is 1. The van der Waals surface area contributed by atoms with Crippen LogP contribution in [0, 0.1) is 10.1 Å². The van der Waals surface area contributed by atoms with Gasteiger partial charge in [-0.1, -0.05) is 32.1 Å². The van der Waals surface area contributed by atoms with E-state index in [9.17, 15) is 14.9 Å². The molecule has 0 atom stereocenters. The van der Waals surface area contributed by atoms with Crippen molar-refractivity contribution in [3.05, 3.63) is 27.9 Å². The van der Waals surface area contributed by atoms with E-state index < -0.39 is 10.8 Å². The molecule has 21 heavy (non-hydrogen) atoms. The van der Waals surface area contributed by atoms with Crippen LogP contribution in [-0.4, -0.2) is 21.9 Å². The van der Waals surface area contributed by atoms with E-state index in [0.29, 0.717) is 0 Å². The minimum Gasteiger partial charge on any atom is -0.384 e. The summed E-state index contributed by atoms with van der Waals surface area (Å²) < 4.78 is 0. The van der Waals surface area contributed by atoms with Crippen molar-refractivity contribution in [2.45, 2.75) is 51.0 Å². The first-order valence-corrected chi connectivity index (χ1v) is 7.28. The molecule has 114 valence electrons. The second-order valence-electron chi connectivity index (χ2n) is 5.40. The molecule has 1 aromatic rings. The number of hydrogen-bond acceptors (Lipinski definition) is 5. The predicted molar refractivity (Wildman–Crippen MR) is 78.9 cm³/mol. The molecule has 1 heterocycles. The van der Waals surface area contributed by atoms with Gasteiger partial charge in [0.15, 0.2) is 0 Å². The van der Waals surface area contributed by atoms with Gasteiger partial charge in [0.2, 0.25) is 0 Å². The van der Waals surface area contributed by atoms with E-state index in [0.717, 1.165) is 31.9 Å². The first-order chi connectivity index (χ1) is 10.1. The summed E-state index contributed by atoms with van der Waals surface area (Å²) >= 11 is 0. The topological polar surface area (TPSA) is 111 Å². The Morgan fingerprint density at radius 1 is 1.29 bits per heavy atom. The van der Waals surface area contributed by atoms with Gasteiger partial charge in [0.05, 0.1) is 4.92 Å². The summed E-state index contributed by atoms with van der Waals surface area (Å²) in [7, 11) is 0. The first-order valence-electron chi connectivity index (χ1n) is 7.28. The Labute approximate surface area is 123 Å². The molecule has 2 rings (SSSR count). The molecule has 1 saturated carbocycles. The summed E-state index contributed by atoms with van der Waals surface area (Å²) in [5, 5.41) is 13.9.